The van der Waals surface area contributed by atoms with E-state index in [-0.39, 0.29) is 24.0 Å². The van der Waals surface area contributed by atoms with E-state index in [1.807, 2.05) is 7.05 Å². The number of nitrogens with one attached hydrogen (secondary N) is 2. The van der Waals surface area contributed by atoms with Gasteiger partial charge in [0.1, 0.15) is 0 Å². The van der Waals surface area contributed by atoms with Crippen LogP contribution in [0.15, 0.2) is 4.99 Å². The third-order valence-electron chi connectivity index (χ3n) is 4.95. The van der Waals surface area contributed by atoms with Gasteiger partial charge >= 0.3 is 0 Å². The standard InChI is InChI=1S/C18H37N5O.HI/c1-16(2)14-17(23-7-4-5-8-23)15-21-18(19-3)20-6-9-22-10-12-24-13-11-22;/h16-17H,4-15H2,1-3H3,(H2,19,20,21);1H. The molecule has 0 amide bonds. The van der Waals surface area contributed by atoms with Gasteiger partial charge in [0.15, 0.2) is 5.96 Å². The molecule has 1 unspecified atom stereocenters. The van der Waals surface area contributed by atoms with E-state index in [0.29, 0.717) is 6.04 Å². The Balaban J connectivity index is 0.00000312. The Morgan fingerprint density at radius 3 is 2.36 bits per heavy atom. The number of hydrogen-bond donors (Lipinski definition) is 2. The van der Waals surface area contributed by atoms with E-state index in [2.05, 4.69) is 39.3 Å². The number of ether oxygens (including phenoxy) is 1. The first-order valence-electron chi connectivity index (χ1n) is 9.67. The van der Waals surface area contributed by atoms with Crippen LogP contribution < -0.4 is 10.6 Å². The Hall–Kier alpha value is -0.120. The molecule has 0 spiro atoms. The summed E-state index contributed by atoms with van der Waals surface area (Å²) in [6, 6.07) is 0.616. The van der Waals surface area contributed by atoms with E-state index < -0.39 is 0 Å². The molecule has 0 aliphatic carbocycles. The highest BCUT2D eigenvalue weighted by Gasteiger charge is 2.22. The van der Waals surface area contributed by atoms with Crippen molar-refractivity contribution in [2.24, 2.45) is 10.9 Å². The molecule has 7 heteroatoms. The third-order valence-corrected chi connectivity index (χ3v) is 4.95. The first-order valence-corrected chi connectivity index (χ1v) is 9.67. The lowest BCUT2D eigenvalue weighted by molar-refractivity contribution is 0.0389. The molecule has 0 aromatic heterocycles. The minimum absolute atomic E-state index is 0. The van der Waals surface area contributed by atoms with Gasteiger partial charge in [-0.1, -0.05) is 13.8 Å². The van der Waals surface area contributed by atoms with E-state index in [1.165, 1.54) is 32.4 Å². The van der Waals surface area contributed by atoms with Crippen LogP contribution in [0, 0.1) is 5.92 Å². The molecule has 25 heavy (non-hydrogen) atoms. The molecule has 148 valence electrons. The van der Waals surface area contributed by atoms with Crippen molar-refractivity contribution in [1.29, 1.82) is 0 Å². The van der Waals surface area contributed by atoms with E-state index >= 15 is 0 Å². The van der Waals surface area contributed by atoms with Crippen molar-refractivity contribution < 1.29 is 4.74 Å². The summed E-state index contributed by atoms with van der Waals surface area (Å²) in [4.78, 5) is 9.47. The zero-order valence-electron chi connectivity index (χ0n) is 16.3. The van der Waals surface area contributed by atoms with Crippen LogP contribution in [0.5, 0.6) is 0 Å². The van der Waals surface area contributed by atoms with Crippen LogP contribution in [0.4, 0.5) is 0 Å². The third kappa shape index (κ3) is 8.88. The zero-order valence-corrected chi connectivity index (χ0v) is 18.6. The van der Waals surface area contributed by atoms with E-state index in [0.717, 1.165) is 57.8 Å². The highest BCUT2D eigenvalue weighted by molar-refractivity contribution is 14.0. The van der Waals surface area contributed by atoms with E-state index in [9.17, 15) is 0 Å². The number of nitrogens with zero attached hydrogens (tertiary/aromatic N) is 3. The monoisotopic (exact) mass is 467 g/mol. The highest BCUT2D eigenvalue weighted by atomic mass is 127. The fraction of sp³-hybridized carbons (Fsp3) is 0.944. The Morgan fingerprint density at radius 2 is 1.76 bits per heavy atom. The van der Waals surface area contributed by atoms with Gasteiger partial charge in [-0.3, -0.25) is 14.8 Å². The Labute approximate surface area is 171 Å². The Morgan fingerprint density at radius 1 is 1.08 bits per heavy atom. The number of aliphatic imine (C=N–C) groups is 1. The van der Waals surface area contributed by atoms with Crippen LogP contribution in [0.2, 0.25) is 0 Å². The molecule has 0 bridgehead atoms. The maximum absolute atomic E-state index is 5.39. The van der Waals surface area contributed by atoms with E-state index in [4.69, 9.17) is 4.74 Å². The topological polar surface area (TPSA) is 52.1 Å². The molecule has 0 aromatic carbocycles. The van der Waals surface area contributed by atoms with Crippen LogP contribution >= 0.6 is 24.0 Å². The molecule has 0 radical (unpaired) electrons. The zero-order chi connectivity index (χ0) is 17.2. The second-order valence-corrected chi connectivity index (χ2v) is 7.36. The van der Waals surface area contributed by atoms with Gasteiger partial charge < -0.3 is 15.4 Å². The molecular formula is C18H38IN5O. The second-order valence-electron chi connectivity index (χ2n) is 7.36. The van der Waals surface area contributed by atoms with Crippen molar-refractivity contribution in [2.75, 3.05) is 66.1 Å². The van der Waals surface area contributed by atoms with Gasteiger partial charge in [0.2, 0.25) is 0 Å². The SMILES string of the molecule is CN=C(NCCN1CCOCC1)NCC(CC(C)C)N1CCCC1.I. The van der Waals surface area contributed by atoms with Gasteiger partial charge in [-0.15, -0.1) is 24.0 Å². The van der Waals surface area contributed by atoms with Crippen molar-refractivity contribution in [1.82, 2.24) is 20.4 Å². The minimum Gasteiger partial charge on any atom is -0.379 e. The second kappa shape index (κ2) is 13.1. The molecular weight excluding hydrogens is 429 g/mol. The van der Waals surface area contributed by atoms with Gasteiger partial charge in [0.05, 0.1) is 13.2 Å². The Kier molecular flexibility index (Phi) is 12.0. The average molecular weight is 467 g/mol. The number of hydrogen-bond acceptors (Lipinski definition) is 4. The maximum atomic E-state index is 5.39. The van der Waals surface area contributed by atoms with Crippen LogP contribution in [0.1, 0.15) is 33.1 Å². The molecule has 2 heterocycles. The molecule has 2 fully saturated rings. The van der Waals surface area contributed by atoms with Crippen molar-refractivity contribution in [3.63, 3.8) is 0 Å². The minimum atomic E-state index is 0. The lowest BCUT2D eigenvalue weighted by Gasteiger charge is -2.30. The number of rotatable bonds is 8. The lowest BCUT2D eigenvalue weighted by Crippen LogP contribution is -2.48. The van der Waals surface area contributed by atoms with Gasteiger partial charge in [-0.2, -0.15) is 0 Å². The molecule has 1 atom stereocenters. The number of halogens is 1. The Bertz CT molecular complexity index is 368. The van der Waals surface area contributed by atoms with Crippen LogP contribution in [0.3, 0.4) is 0 Å². The van der Waals surface area contributed by atoms with Crippen molar-refractivity contribution in [2.45, 2.75) is 39.2 Å². The van der Waals surface area contributed by atoms with Gasteiger partial charge in [0, 0.05) is 45.8 Å². The molecule has 2 N–H and O–H groups in total. The molecule has 0 saturated carbocycles. The van der Waals surface area contributed by atoms with Crippen LogP contribution in [-0.2, 0) is 4.74 Å². The smallest absolute Gasteiger partial charge is 0.191 e. The predicted octanol–water partition coefficient (Wildman–Crippen LogP) is 1.61. The normalized spacial score (nSPS) is 21.2. The fourth-order valence-electron chi connectivity index (χ4n) is 3.60. The summed E-state index contributed by atoms with van der Waals surface area (Å²) < 4.78 is 5.39. The van der Waals surface area contributed by atoms with Gasteiger partial charge in [0.25, 0.3) is 0 Å². The van der Waals surface area contributed by atoms with Gasteiger partial charge in [-0.05, 0) is 38.3 Å². The summed E-state index contributed by atoms with van der Waals surface area (Å²) >= 11 is 0. The average Bonchev–Trinajstić information content (AvgIpc) is 3.11. The van der Waals surface area contributed by atoms with Crippen LogP contribution in [0.25, 0.3) is 0 Å². The summed E-state index contributed by atoms with van der Waals surface area (Å²) in [6.07, 6.45) is 3.94. The summed E-state index contributed by atoms with van der Waals surface area (Å²) in [5, 5.41) is 7.00. The quantitative estimate of drug-likeness (QED) is 0.323. The summed E-state index contributed by atoms with van der Waals surface area (Å²) in [6.45, 7) is 13.9. The highest BCUT2D eigenvalue weighted by Crippen LogP contribution is 2.17. The number of likely N-dealkylation sites (tertiary alicyclic amines) is 1. The van der Waals surface area contributed by atoms with E-state index in [1.54, 1.807) is 0 Å². The molecule has 6 nitrogen and oxygen atoms in total. The molecule has 2 saturated heterocycles. The molecule has 2 rings (SSSR count). The van der Waals surface area contributed by atoms with Crippen LogP contribution in [-0.4, -0.2) is 87.9 Å². The number of guanidine groups is 1. The largest absolute Gasteiger partial charge is 0.379 e. The first-order chi connectivity index (χ1) is 11.7. The van der Waals surface area contributed by atoms with Crippen molar-refractivity contribution in [3.8, 4) is 0 Å². The molecule has 0 aromatic rings. The number of morpholine rings is 1. The maximum Gasteiger partial charge on any atom is 0.191 e. The summed E-state index contributed by atoms with van der Waals surface area (Å²) in [5.41, 5.74) is 0. The molecule has 2 aliphatic rings. The van der Waals surface area contributed by atoms with Crippen molar-refractivity contribution in [3.05, 3.63) is 0 Å². The summed E-state index contributed by atoms with van der Waals surface area (Å²) in [5.74, 6) is 1.66. The first kappa shape index (κ1) is 22.9. The van der Waals surface area contributed by atoms with Gasteiger partial charge in [-0.25, -0.2) is 0 Å². The van der Waals surface area contributed by atoms with Crippen molar-refractivity contribution >= 4 is 29.9 Å². The lowest BCUT2D eigenvalue weighted by atomic mass is 10.0. The fourth-order valence-corrected chi connectivity index (χ4v) is 3.60. The predicted molar refractivity (Wildman–Crippen MR) is 116 cm³/mol. The molecule has 2 aliphatic heterocycles. The summed E-state index contributed by atoms with van der Waals surface area (Å²) in [7, 11) is 1.86.